The zero-order valence-electron chi connectivity index (χ0n) is 11.3. The van der Waals surface area contributed by atoms with Crippen LogP contribution in [0.5, 0.6) is 0 Å². The molecule has 0 spiro atoms. The molecule has 3 rings (SSSR count). The van der Waals surface area contributed by atoms with Gasteiger partial charge in [-0.25, -0.2) is 4.79 Å². The van der Waals surface area contributed by atoms with Crippen molar-refractivity contribution in [1.29, 1.82) is 0 Å². The molecule has 0 aromatic heterocycles. The van der Waals surface area contributed by atoms with Gasteiger partial charge in [0.25, 0.3) is 0 Å². The highest BCUT2D eigenvalue weighted by Gasteiger charge is 2.19. The summed E-state index contributed by atoms with van der Waals surface area (Å²) in [5.41, 5.74) is 3.15. The van der Waals surface area contributed by atoms with Gasteiger partial charge in [-0.05, 0) is 42.5 Å². The van der Waals surface area contributed by atoms with E-state index in [1.54, 1.807) is 0 Å². The number of rotatable bonds is 3. The Balaban J connectivity index is 1.62. The molecule has 1 aliphatic carbocycles. The van der Waals surface area contributed by atoms with Crippen LogP contribution in [0.25, 0.3) is 11.1 Å². The molecule has 2 aromatic carbocycles. The van der Waals surface area contributed by atoms with E-state index in [4.69, 9.17) is 0 Å². The van der Waals surface area contributed by atoms with Crippen molar-refractivity contribution in [3.8, 4) is 11.1 Å². The monoisotopic (exact) mass is 266 g/mol. The maximum atomic E-state index is 11.7. The lowest BCUT2D eigenvalue weighted by molar-refractivity contribution is 0.240. The van der Waals surface area contributed by atoms with E-state index < -0.39 is 0 Å². The number of hydrogen-bond acceptors (Lipinski definition) is 1. The van der Waals surface area contributed by atoms with Gasteiger partial charge in [-0.15, -0.1) is 0 Å². The van der Waals surface area contributed by atoms with Gasteiger partial charge >= 0.3 is 6.03 Å². The molecule has 2 amide bonds. The second-order valence-corrected chi connectivity index (χ2v) is 5.17. The number of carbonyl (C=O) groups is 1. The summed E-state index contributed by atoms with van der Waals surface area (Å²) < 4.78 is 0. The van der Waals surface area contributed by atoms with Gasteiger partial charge in [0, 0.05) is 11.7 Å². The number of benzene rings is 2. The Hall–Kier alpha value is -2.29. The summed E-state index contributed by atoms with van der Waals surface area (Å²) in [7, 11) is 0. The first-order chi connectivity index (χ1) is 9.81. The minimum atomic E-state index is -0.109. The molecule has 2 N–H and O–H groups in total. The maximum absolute atomic E-state index is 11.7. The minimum Gasteiger partial charge on any atom is -0.335 e. The summed E-state index contributed by atoms with van der Waals surface area (Å²) in [4.78, 5) is 11.7. The van der Waals surface area contributed by atoms with Crippen molar-refractivity contribution in [2.24, 2.45) is 0 Å². The Morgan fingerprint density at radius 1 is 0.900 bits per heavy atom. The molecular formula is C17H18N2O. The number of nitrogens with one attached hydrogen (secondary N) is 2. The van der Waals surface area contributed by atoms with Crippen LogP contribution in [-0.4, -0.2) is 12.1 Å². The van der Waals surface area contributed by atoms with E-state index >= 15 is 0 Å². The zero-order valence-corrected chi connectivity index (χ0v) is 11.3. The van der Waals surface area contributed by atoms with E-state index in [0.717, 1.165) is 24.1 Å². The molecule has 3 heteroatoms. The Kier molecular flexibility index (Phi) is 3.68. The highest BCUT2D eigenvalue weighted by atomic mass is 16.2. The molecule has 0 saturated heterocycles. The first kappa shape index (κ1) is 12.7. The highest BCUT2D eigenvalue weighted by molar-refractivity contribution is 5.89. The molecule has 2 aromatic rings. The summed E-state index contributed by atoms with van der Waals surface area (Å²) in [5.74, 6) is 0. The molecule has 0 bridgehead atoms. The van der Waals surface area contributed by atoms with Crippen molar-refractivity contribution in [2.45, 2.75) is 25.3 Å². The number of anilines is 1. The van der Waals surface area contributed by atoms with Crippen LogP contribution in [0.2, 0.25) is 0 Å². The Morgan fingerprint density at radius 3 is 2.15 bits per heavy atom. The first-order valence-electron chi connectivity index (χ1n) is 7.04. The molecule has 3 nitrogen and oxygen atoms in total. The fourth-order valence-corrected chi connectivity index (χ4v) is 2.28. The Labute approximate surface area is 119 Å². The van der Waals surface area contributed by atoms with Gasteiger partial charge in [0.05, 0.1) is 0 Å². The van der Waals surface area contributed by atoms with Gasteiger partial charge < -0.3 is 10.6 Å². The lowest BCUT2D eigenvalue weighted by Crippen LogP contribution is -2.41. The third kappa shape index (κ3) is 2.99. The quantitative estimate of drug-likeness (QED) is 0.865. The van der Waals surface area contributed by atoms with E-state index in [2.05, 4.69) is 22.8 Å². The topological polar surface area (TPSA) is 41.1 Å². The number of carbonyl (C=O) groups excluding carboxylic acids is 1. The molecule has 0 heterocycles. The molecule has 102 valence electrons. The summed E-state index contributed by atoms with van der Waals surface area (Å²) in [6, 6.07) is 18.4. The van der Waals surface area contributed by atoms with Crippen molar-refractivity contribution in [3.05, 3.63) is 54.6 Å². The minimum absolute atomic E-state index is 0.109. The van der Waals surface area contributed by atoms with Crippen molar-refractivity contribution >= 4 is 11.7 Å². The molecule has 0 aliphatic heterocycles. The molecule has 0 unspecified atom stereocenters. The van der Waals surface area contributed by atoms with Gasteiger partial charge in [0.15, 0.2) is 0 Å². The summed E-state index contributed by atoms with van der Waals surface area (Å²) in [5, 5.41) is 5.83. The Bertz CT molecular complexity index is 574. The van der Waals surface area contributed by atoms with Crippen LogP contribution in [0.4, 0.5) is 10.5 Å². The van der Waals surface area contributed by atoms with E-state index in [1.807, 2.05) is 42.5 Å². The fourth-order valence-electron chi connectivity index (χ4n) is 2.28. The molecule has 0 atom stereocenters. The van der Waals surface area contributed by atoms with Crippen LogP contribution in [-0.2, 0) is 0 Å². The Morgan fingerprint density at radius 2 is 1.55 bits per heavy atom. The summed E-state index contributed by atoms with van der Waals surface area (Å²) in [6.07, 6.45) is 3.41. The van der Waals surface area contributed by atoms with Crippen LogP contribution in [0.15, 0.2) is 54.6 Å². The van der Waals surface area contributed by atoms with Crippen LogP contribution in [0.3, 0.4) is 0 Å². The number of hydrogen-bond donors (Lipinski definition) is 2. The lowest BCUT2D eigenvalue weighted by Gasteiger charge is -2.26. The number of urea groups is 1. The average molecular weight is 266 g/mol. The molecule has 20 heavy (non-hydrogen) atoms. The van der Waals surface area contributed by atoms with Crippen molar-refractivity contribution in [3.63, 3.8) is 0 Å². The normalized spacial score (nSPS) is 14.4. The molecule has 0 radical (unpaired) electrons. The van der Waals surface area contributed by atoms with Crippen molar-refractivity contribution in [2.75, 3.05) is 5.32 Å². The molecule has 1 aliphatic rings. The van der Waals surface area contributed by atoms with Crippen LogP contribution in [0, 0.1) is 0 Å². The van der Waals surface area contributed by atoms with Crippen LogP contribution < -0.4 is 10.6 Å². The van der Waals surface area contributed by atoms with E-state index in [0.29, 0.717) is 6.04 Å². The molecule has 1 saturated carbocycles. The third-order valence-electron chi connectivity index (χ3n) is 3.69. The maximum Gasteiger partial charge on any atom is 0.319 e. The lowest BCUT2D eigenvalue weighted by atomic mass is 9.93. The van der Waals surface area contributed by atoms with Gasteiger partial charge in [0.1, 0.15) is 0 Å². The van der Waals surface area contributed by atoms with E-state index in [1.165, 1.54) is 12.0 Å². The van der Waals surface area contributed by atoms with Crippen molar-refractivity contribution in [1.82, 2.24) is 5.32 Å². The summed E-state index contributed by atoms with van der Waals surface area (Å²) in [6.45, 7) is 0. The van der Waals surface area contributed by atoms with Crippen LogP contribution in [0.1, 0.15) is 19.3 Å². The molecular weight excluding hydrogens is 248 g/mol. The predicted octanol–water partition coefficient (Wildman–Crippen LogP) is 4.03. The van der Waals surface area contributed by atoms with E-state index in [9.17, 15) is 4.79 Å². The predicted molar refractivity (Wildman–Crippen MR) is 81.7 cm³/mol. The standard InChI is InChI=1S/C17H18N2O/c20-17(18-15-7-4-8-15)19-16-11-9-14(10-12-16)13-5-2-1-3-6-13/h1-3,5-6,9-12,15H,4,7-8H2,(H2,18,19,20). The second kappa shape index (κ2) is 5.78. The van der Waals surface area contributed by atoms with Crippen LogP contribution >= 0.6 is 0 Å². The first-order valence-corrected chi connectivity index (χ1v) is 7.04. The van der Waals surface area contributed by atoms with Crippen molar-refractivity contribution < 1.29 is 4.79 Å². The average Bonchev–Trinajstić information content (AvgIpc) is 2.45. The number of amides is 2. The zero-order chi connectivity index (χ0) is 13.8. The van der Waals surface area contributed by atoms with Gasteiger partial charge in [-0.1, -0.05) is 42.5 Å². The molecule has 1 fully saturated rings. The fraction of sp³-hybridized carbons (Fsp3) is 0.235. The largest absolute Gasteiger partial charge is 0.335 e. The second-order valence-electron chi connectivity index (χ2n) is 5.17. The van der Waals surface area contributed by atoms with E-state index in [-0.39, 0.29) is 6.03 Å². The smallest absolute Gasteiger partial charge is 0.319 e. The van der Waals surface area contributed by atoms with Gasteiger partial charge in [-0.2, -0.15) is 0 Å². The van der Waals surface area contributed by atoms with Gasteiger partial charge in [-0.3, -0.25) is 0 Å². The van der Waals surface area contributed by atoms with Gasteiger partial charge in [0.2, 0.25) is 0 Å². The highest BCUT2D eigenvalue weighted by Crippen LogP contribution is 2.21. The summed E-state index contributed by atoms with van der Waals surface area (Å²) >= 11 is 0. The SMILES string of the molecule is O=C(Nc1ccc(-c2ccccc2)cc1)NC1CCC1. The third-order valence-corrected chi connectivity index (χ3v) is 3.69.